The van der Waals surface area contributed by atoms with Crippen molar-refractivity contribution in [2.75, 3.05) is 12.0 Å². The number of thioether (sulfide) groups is 1. The first-order chi connectivity index (χ1) is 6.22. The second-order valence-corrected chi connectivity index (χ2v) is 3.43. The molecule has 3 N–H and O–H groups in total. The van der Waals surface area contributed by atoms with Crippen molar-refractivity contribution in [3.63, 3.8) is 0 Å². The normalized spacial score (nSPS) is 10.9. The average molecular weight is 195 g/mol. The molecule has 0 bridgehead atoms. The van der Waals surface area contributed by atoms with E-state index < -0.39 is 0 Å². The molecule has 6 heteroatoms. The van der Waals surface area contributed by atoms with Crippen LogP contribution >= 0.6 is 11.8 Å². The van der Waals surface area contributed by atoms with E-state index in [1.807, 2.05) is 13.2 Å². The number of hydrogen-bond donors (Lipinski definition) is 2. The third kappa shape index (κ3) is 1.23. The summed E-state index contributed by atoms with van der Waals surface area (Å²) < 4.78 is 0. The minimum atomic E-state index is 0.267. The number of hydrogen-bond acceptors (Lipinski definition) is 5. The zero-order valence-corrected chi connectivity index (χ0v) is 8.14. The summed E-state index contributed by atoms with van der Waals surface area (Å²) in [5.74, 6) is 0.267. The van der Waals surface area contributed by atoms with Gasteiger partial charge in [0, 0.05) is 5.69 Å². The Kier molecular flexibility index (Phi) is 1.84. The average Bonchev–Trinajstić information content (AvgIpc) is 2.46. The Balaban J connectivity index is 2.85. The maximum Gasteiger partial charge on any atom is 0.223 e. The molecule has 0 aliphatic heterocycles. The molecule has 68 valence electrons. The van der Waals surface area contributed by atoms with E-state index in [0.717, 1.165) is 16.1 Å². The maximum absolute atomic E-state index is 5.52. The molecule has 0 amide bonds. The number of nitrogens with two attached hydrogens (primary N) is 1. The van der Waals surface area contributed by atoms with Crippen LogP contribution in [0.2, 0.25) is 0 Å². The fourth-order valence-electron chi connectivity index (χ4n) is 1.19. The maximum atomic E-state index is 5.52. The first kappa shape index (κ1) is 8.31. The van der Waals surface area contributed by atoms with Gasteiger partial charge in [-0.2, -0.15) is 10.1 Å². The Hall–Kier alpha value is -1.30. The van der Waals surface area contributed by atoms with Crippen molar-refractivity contribution in [2.24, 2.45) is 0 Å². The monoisotopic (exact) mass is 195 g/mol. The van der Waals surface area contributed by atoms with Gasteiger partial charge in [0.25, 0.3) is 0 Å². The molecule has 0 atom stereocenters. The SMILES string of the molecule is CSc1nc(N)nc2n[nH]c(C)c12. The summed E-state index contributed by atoms with van der Waals surface area (Å²) in [5.41, 5.74) is 7.13. The van der Waals surface area contributed by atoms with Gasteiger partial charge in [0.1, 0.15) is 5.03 Å². The van der Waals surface area contributed by atoms with Crippen molar-refractivity contribution >= 4 is 28.7 Å². The molecule has 0 saturated carbocycles. The van der Waals surface area contributed by atoms with Crippen LogP contribution in [0.25, 0.3) is 11.0 Å². The molecule has 0 aliphatic rings. The number of aromatic nitrogens is 4. The molecule has 2 rings (SSSR count). The van der Waals surface area contributed by atoms with E-state index in [2.05, 4.69) is 20.2 Å². The Morgan fingerprint density at radius 1 is 1.38 bits per heavy atom. The van der Waals surface area contributed by atoms with E-state index in [1.165, 1.54) is 0 Å². The Morgan fingerprint density at radius 2 is 2.15 bits per heavy atom. The lowest BCUT2D eigenvalue weighted by molar-refractivity contribution is 1.05. The molecule has 2 aromatic heterocycles. The van der Waals surface area contributed by atoms with Crippen LogP contribution in [0.5, 0.6) is 0 Å². The number of H-pyrrole nitrogens is 1. The van der Waals surface area contributed by atoms with Gasteiger partial charge in [0.05, 0.1) is 5.39 Å². The third-order valence-corrected chi connectivity index (χ3v) is 2.45. The first-order valence-corrected chi connectivity index (χ1v) is 4.97. The molecule has 0 radical (unpaired) electrons. The molecule has 0 unspecified atom stereocenters. The number of nitrogens with one attached hydrogen (secondary N) is 1. The molecule has 0 aromatic carbocycles. The predicted molar refractivity (Wildman–Crippen MR) is 52.6 cm³/mol. The van der Waals surface area contributed by atoms with E-state index in [-0.39, 0.29) is 5.95 Å². The second kappa shape index (κ2) is 2.88. The summed E-state index contributed by atoms with van der Waals surface area (Å²) in [4.78, 5) is 8.14. The van der Waals surface area contributed by atoms with Gasteiger partial charge in [-0.1, -0.05) is 0 Å². The lowest BCUT2D eigenvalue weighted by Crippen LogP contribution is -1.96. The highest BCUT2D eigenvalue weighted by Crippen LogP contribution is 2.24. The van der Waals surface area contributed by atoms with Crippen LogP contribution in [-0.4, -0.2) is 26.4 Å². The van der Waals surface area contributed by atoms with Gasteiger partial charge in [0.2, 0.25) is 5.95 Å². The Morgan fingerprint density at radius 3 is 2.85 bits per heavy atom. The van der Waals surface area contributed by atoms with Crippen molar-refractivity contribution in [1.29, 1.82) is 0 Å². The number of fused-ring (bicyclic) bond motifs is 1. The van der Waals surface area contributed by atoms with Gasteiger partial charge in [0.15, 0.2) is 5.65 Å². The highest BCUT2D eigenvalue weighted by molar-refractivity contribution is 7.98. The molecule has 5 nitrogen and oxygen atoms in total. The van der Waals surface area contributed by atoms with Gasteiger partial charge in [-0.05, 0) is 13.2 Å². The number of aromatic amines is 1. The number of anilines is 1. The van der Waals surface area contributed by atoms with Crippen LogP contribution in [-0.2, 0) is 0 Å². The minimum Gasteiger partial charge on any atom is -0.368 e. The lowest BCUT2D eigenvalue weighted by atomic mass is 10.3. The molecule has 0 fully saturated rings. The smallest absolute Gasteiger partial charge is 0.223 e. The molecule has 13 heavy (non-hydrogen) atoms. The van der Waals surface area contributed by atoms with Crippen LogP contribution in [0.3, 0.4) is 0 Å². The van der Waals surface area contributed by atoms with Crippen LogP contribution in [0.1, 0.15) is 5.69 Å². The molecule has 0 aliphatic carbocycles. The van der Waals surface area contributed by atoms with Crippen LogP contribution in [0.15, 0.2) is 5.03 Å². The zero-order valence-electron chi connectivity index (χ0n) is 7.33. The van der Waals surface area contributed by atoms with Crippen LogP contribution in [0, 0.1) is 6.92 Å². The largest absolute Gasteiger partial charge is 0.368 e. The van der Waals surface area contributed by atoms with Gasteiger partial charge in [-0.25, -0.2) is 4.98 Å². The van der Waals surface area contributed by atoms with Crippen molar-refractivity contribution in [1.82, 2.24) is 20.2 Å². The predicted octanol–water partition coefficient (Wildman–Crippen LogP) is 0.965. The summed E-state index contributed by atoms with van der Waals surface area (Å²) in [5, 5.41) is 8.70. The van der Waals surface area contributed by atoms with Gasteiger partial charge in [-0.15, -0.1) is 11.8 Å². The van der Waals surface area contributed by atoms with Gasteiger partial charge >= 0.3 is 0 Å². The lowest BCUT2D eigenvalue weighted by Gasteiger charge is -1.98. The van der Waals surface area contributed by atoms with Gasteiger partial charge in [-0.3, -0.25) is 5.10 Å². The number of aryl methyl sites for hydroxylation is 1. The third-order valence-electron chi connectivity index (χ3n) is 1.77. The van der Waals surface area contributed by atoms with Crippen molar-refractivity contribution < 1.29 is 0 Å². The fourth-order valence-corrected chi connectivity index (χ4v) is 1.83. The topological polar surface area (TPSA) is 80.5 Å². The summed E-state index contributed by atoms with van der Waals surface area (Å²) in [6, 6.07) is 0. The molecule has 0 spiro atoms. The Bertz CT molecular complexity index is 449. The molecular formula is C7H9N5S. The minimum absolute atomic E-state index is 0.267. The number of rotatable bonds is 1. The molecule has 0 saturated heterocycles. The highest BCUT2D eigenvalue weighted by atomic mass is 32.2. The summed E-state index contributed by atoms with van der Waals surface area (Å²) in [6.45, 7) is 1.94. The number of nitrogens with zero attached hydrogens (tertiary/aromatic N) is 3. The quantitative estimate of drug-likeness (QED) is 0.523. The molecular weight excluding hydrogens is 186 g/mol. The van der Waals surface area contributed by atoms with E-state index in [1.54, 1.807) is 11.8 Å². The summed E-state index contributed by atoms with van der Waals surface area (Å²) in [7, 11) is 0. The van der Waals surface area contributed by atoms with Crippen LogP contribution < -0.4 is 5.73 Å². The number of nitrogen functional groups attached to an aromatic ring is 1. The molecule has 2 heterocycles. The standard InChI is InChI=1S/C7H9N5S/c1-3-4-5(12-11-3)9-7(8)10-6(4)13-2/h1-2H3,(H3,8,9,10,11,12). The fraction of sp³-hybridized carbons (Fsp3) is 0.286. The van der Waals surface area contributed by atoms with E-state index in [4.69, 9.17) is 5.73 Å². The van der Waals surface area contributed by atoms with Crippen molar-refractivity contribution in [2.45, 2.75) is 11.9 Å². The van der Waals surface area contributed by atoms with Gasteiger partial charge < -0.3 is 5.73 Å². The van der Waals surface area contributed by atoms with E-state index in [0.29, 0.717) is 5.65 Å². The van der Waals surface area contributed by atoms with Crippen molar-refractivity contribution in [3.8, 4) is 0 Å². The van der Waals surface area contributed by atoms with E-state index >= 15 is 0 Å². The van der Waals surface area contributed by atoms with Crippen molar-refractivity contribution in [3.05, 3.63) is 5.69 Å². The zero-order chi connectivity index (χ0) is 9.42. The molecule has 2 aromatic rings. The second-order valence-electron chi connectivity index (χ2n) is 2.64. The summed E-state index contributed by atoms with van der Waals surface area (Å²) >= 11 is 1.54. The van der Waals surface area contributed by atoms with E-state index in [9.17, 15) is 0 Å². The van der Waals surface area contributed by atoms with Crippen LogP contribution in [0.4, 0.5) is 5.95 Å². The first-order valence-electron chi connectivity index (χ1n) is 3.74. The summed E-state index contributed by atoms with van der Waals surface area (Å²) in [6.07, 6.45) is 1.95. The highest BCUT2D eigenvalue weighted by Gasteiger charge is 2.10. The Labute approximate surface area is 79.1 Å².